The second-order valence-electron chi connectivity index (χ2n) is 5.83. The number of fused-ring (bicyclic) bond motifs is 1. The molecule has 3 rings (SSSR count). The van der Waals surface area contributed by atoms with Crippen molar-refractivity contribution in [2.45, 2.75) is 19.4 Å². The van der Waals surface area contributed by atoms with Gasteiger partial charge in [0.1, 0.15) is 11.6 Å². The number of amides is 1. The standard InChI is InChI=1S/C20H20FN3O/c1-2-20(25)22-13-5-8-19-23-17-6-3-4-7-18(17)24(19)14-15-9-11-16(21)12-10-15/h2-4,6-7,9-12H,1,5,8,13-14H2,(H,22,25). The average Bonchev–Trinajstić information content (AvgIpc) is 2.98. The molecule has 1 heterocycles. The highest BCUT2D eigenvalue weighted by Gasteiger charge is 2.11. The molecule has 0 aliphatic carbocycles. The molecule has 1 aromatic heterocycles. The van der Waals surface area contributed by atoms with Crippen molar-refractivity contribution in [3.8, 4) is 0 Å². The van der Waals surface area contributed by atoms with Gasteiger partial charge in [0.15, 0.2) is 0 Å². The molecule has 5 heteroatoms. The number of halogens is 1. The summed E-state index contributed by atoms with van der Waals surface area (Å²) >= 11 is 0. The van der Waals surface area contributed by atoms with Gasteiger partial charge in [-0.1, -0.05) is 30.8 Å². The van der Waals surface area contributed by atoms with E-state index in [1.54, 1.807) is 12.1 Å². The van der Waals surface area contributed by atoms with Gasteiger partial charge < -0.3 is 9.88 Å². The molecule has 0 spiro atoms. The van der Waals surface area contributed by atoms with E-state index in [-0.39, 0.29) is 11.7 Å². The van der Waals surface area contributed by atoms with Gasteiger partial charge in [-0.15, -0.1) is 0 Å². The Labute approximate surface area is 146 Å². The number of hydrogen-bond donors (Lipinski definition) is 1. The van der Waals surface area contributed by atoms with E-state index in [1.165, 1.54) is 18.2 Å². The van der Waals surface area contributed by atoms with E-state index < -0.39 is 0 Å². The van der Waals surface area contributed by atoms with E-state index in [0.29, 0.717) is 13.1 Å². The van der Waals surface area contributed by atoms with E-state index in [2.05, 4.69) is 16.5 Å². The molecule has 25 heavy (non-hydrogen) atoms. The highest BCUT2D eigenvalue weighted by atomic mass is 19.1. The third-order valence-electron chi connectivity index (χ3n) is 4.05. The number of benzene rings is 2. The molecule has 0 bridgehead atoms. The highest BCUT2D eigenvalue weighted by molar-refractivity contribution is 5.86. The summed E-state index contributed by atoms with van der Waals surface area (Å²) in [6.07, 6.45) is 2.80. The Kier molecular flexibility index (Phi) is 5.23. The lowest BCUT2D eigenvalue weighted by molar-refractivity contribution is -0.116. The van der Waals surface area contributed by atoms with E-state index in [1.807, 2.05) is 24.3 Å². The van der Waals surface area contributed by atoms with Crippen LogP contribution in [0.3, 0.4) is 0 Å². The Morgan fingerprint density at radius 1 is 1.20 bits per heavy atom. The van der Waals surface area contributed by atoms with Gasteiger partial charge in [0.25, 0.3) is 0 Å². The lowest BCUT2D eigenvalue weighted by Crippen LogP contribution is -2.22. The molecule has 0 saturated carbocycles. The number of nitrogens with one attached hydrogen (secondary N) is 1. The van der Waals surface area contributed by atoms with Gasteiger partial charge in [-0.05, 0) is 42.3 Å². The molecule has 2 aromatic carbocycles. The van der Waals surface area contributed by atoms with Gasteiger partial charge in [-0.25, -0.2) is 9.37 Å². The van der Waals surface area contributed by atoms with Gasteiger partial charge in [0.05, 0.1) is 11.0 Å². The molecular formula is C20H20FN3O. The number of rotatable bonds is 7. The van der Waals surface area contributed by atoms with Crippen molar-refractivity contribution in [3.05, 3.63) is 78.4 Å². The van der Waals surface area contributed by atoms with Gasteiger partial charge >= 0.3 is 0 Å². The molecule has 0 saturated heterocycles. The van der Waals surface area contributed by atoms with Crippen molar-refractivity contribution < 1.29 is 9.18 Å². The Balaban J connectivity index is 1.80. The van der Waals surface area contributed by atoms with Crippen molar-refractivity contribution in [2.24, 2.45) is 0 Å². The third-order valence-corrected chi connectivity index (χ3v) is 4.05. The summed E-state index contributed by atoms with van der Waals surface area (Å²) in [5.74, 6) is 0.551. The van der Waals surface area contributed by atoms with Crippen molar-refractivity contribution in [3.63, 3.8) is 0 Å². The van der Waals surface area contributed by atoms with Crippen LogP contribution in [0.15, 0.2) is 61.2 Å². The second kappa shape index (κ2) is 7.75. The smallest absolute Gasteiger partial charge is 0.243 e. The van der Waals surface area contributed by atoms with Gasteiger partial charge in [0.2, 0.25) is 5.91 Å². The van der Waals surface area contributed by atoms with Crippen LogP contribution in [0, 0.1) is 5.82 Å². The molecule has 128 valence electrons. The minimum absolute atomic E-state index is 0.167. The number of carbonyl (C=O) groups is 1. The number of aryl methyl sites for hydroxylation is 1. The maximum Gasteiger partial charge on any atom is 0.243 e. The molecule has 3 aromatic rings. The van der Waals surface area contributed by atoms with Crippen molar-refractivity contribution in [1.29, 1.82) is 0 Å². The number of nitrogens with zero attached hydrogens (tertiary/aromatic N) is 2. The first-order chi connectivity index (χ1) is 12.2. The Morgan fingerprint density at radius 3 is 2.72 bits per heavy atom. The first-order valence-electron chi connectivity index (χ1n) is 8.26. The zero-order valence-corrected chi connectivity index (χ0v) is 13.9. The maximum atomic E-state index is 13.1. The van der Waals surface area contributed by atoms with Crippen LogP contribution in [0.2, 0.25) is 0 Å². The molecule has 0 fully saturated rings. The highest BCUT2D eigenvalue weighted by Crippen LogP contribution is 2.19. The van der Waals surface area contributed by atoms with Crippen LogP contribution in [-0.4, -0.2) is 22.0 Å². The third kappa shape index (κ3) is 4.12. The quantitative estimate of drug-likeness (QED) is 0.530. The van der Waals surface area contributed by atoms with E-state index >= 15 is 0 Å². The minimum atomic E-state index is -0.238. The van der Waals surface area contributed by atoms with Crippen LogP contribution in [-0.2, 0) is 17.8 Å². The van der Waals surface area contributed by atoms with Gasteiger partial charge in [0, 0.05) is 19.5 Å². The Bertz CT molecular complexity index is 884. The Hall–Kier alpha value is -2.95. The lowest BCUT2D eigenvalue weighted by Gasteiger charge is -2.10. The number of carbonyl (C=O) groups excluding carboxylic acids is 1. The summed E-state index contributed by atoms with van der Waals surface area (Å²) in [6.45, 7) is 4.65. The largest absolute Gasteiger partial charge is 0.353 e. The van der Waals surface area contributed by atoms with Crippen LogP contribution in [0.25, 0.3) is 11.0 Å². The topological polar surface area (TPSA) is 46.9 Å². The summed E-state index contributed by atoms with van der Waals surface area (Å²) in [4.78, 5) is 15.9. The van der Waals surface area contributed by atoms with Gasteiger partial charge in [-0.3, -0.25) is 4.79 Å². The zero-order chi connectivity index (χ0) is 17.6. The molecule has 0 atom stereocenters. The Morgan fingerprint density at radius 2 is 1.96 bits per heavy atom. The normalized spacial score (nSPS) is 10.8. The first kappa shape index (κ1) is 16.9. The van der Waals surface area contributed by atoms with Crippen LogP contribution in [0.4, 0.5) is 4.39 Å². The van der Waals surface area contributed by atoms with Crippen molar-refractivity contribution in [2.75, 3.05) is 6.54 Å². The number of hydrogen-bond acceptors (Lipinski definition) is 2. The summed E-state index contributed by atoms with van der Waals surface area (Å²) in [7, 11) is 0. The summed E-state index contributed by atoms with van der Waals surface area (Å²) in [5.41, 5.74) is 3.01. The van der Waals surface area contributed by atoms with E-state index in [4.69, 9.17) is 4.98 Å². The minimum Gasteiger partial charge on any atom is -0.353 e. The molecule has 4 nitrogen and oxygen atoms in total. The second-order valence-corrected chi connectivity index (χ2v) is 5.83. The first-order valence-corrected chi connectivity index (χ1v) is 8.26. The predicted molar refractivity (Wildman–Crippen MR) is 96.8 cm³/mol. The fourth-order valence-corrected chi connectivity index (χ4v) is 2.80. The van der Waals surface area contributed by atoms with Crippen LogP contribution in [0.5, 0.6) is 0 Å². The number of aromatic nitrogens is 2. The van der Waals surface area contributed by atoms with E-state index in [0.717, 1.165) is 35.3 Å². The van der Waals surface area contributed by atoms with Crippen molar-refractivity contribution >= 4 is 16.9 Å². The van der Waals surface area contributed by atoms with Gasteiger partial charge in [-0.2, -0.15) is 0 Å². The molecule has 0 unspecified atom stereocenters. The zero-order valence-electron chi connectivity index (χ0n) is 13.9. The van der Waals surface area contributed by atoms with E-state index in [9.17, 15) is 9.18 Å². The molecule has 1 amide bonds. The number of imidazole rings is 1. The molecule has 0 aliphatic rings. The summed E-state index contributed by atoms with van der Waals surface area (Å²) in [5, 5.41) is 2.78. The summed E-state index contributed by atoms with van der Waals surface area (Å²) in [6, 6.07) is 14.5. The molecule has 0 radical (unpaired) electrons. The van der Waals surface area contributed by atoms with Crippen LogP contribution >= 0.6 is 0 Å². The molecule has 0 aliphatic heterocycles. The number of para-hydroxylation sites is 2. The summed E-state index contributed by atoms with van der Waals surface area (Å²) < 4.78 is 15.3. The monoisotopic (exact) mass is 337 g/mol. The molecule has 1 N–H and O–H groups in total. The van der Waals surface area contributed by atoms with Crippen LogP contribution < -0.4 is 5.32 Å². The fourth-order valence-electron chi connectivity index (χ4n) is 2.80. The predicted octanol–water partition coefficient (Wildman–Crippen LogP) is 3.46. The maximum absolute atomic E-state index is 13.1. The van der Waals surface area contributed by atoms with Crippen LogP contribution in [0.1, 0.15) is 17.8 Å². The molecular weight excluding hydrogens is 317 g/mol. The fraction of sp³-hybridized carbons (Fsp3) is 0.200. The lowest BCUT2D eigenvalue weighted by atomic mass is 10.2. The SMILES string of the molecule is C=CC(=O)NCCCc1nc2ccccc2n1Cc1ccc(F)cc1. The average molecular weight is 337 g/mol. The van der Waals surface area contributed by atoms with Crippen molar-refractivity contribution in [1.82, 2.24) is 14.9 Å².